The van der Waals surface area contributed by atoms with E-state index < -0.39 is 11.4 Å². The summed E-state index contributed by atoms with van der Waals surface area (Å²) >= 11 is 5.97. The smallest absolute Gasteiger partial charge is 0.163 e. The predicted octanol–water partition coefficient (Wildman–Crippen LogP) is 4.56. The van der Waals surface area contributed by atoms with Gasteiger partial charge in [0.15, 0.2) is 11.4 Å². The normalized spacial score (nSPS) is 22.7. The van der Waals surface area contributed by atoms with Gasteiger partial charge >= 0.3 is 0 Å². The lowest BCUT2D eigenvalue weighted by atomic mass is 9.82. The van der Waals surface area contributed by atoms with Crippen molar-refractivity contribution in [1.29, 1.82) is 0 Å². The average Bonchev–Trinajstić information content (AvgIpc) is 2.87. The van der Waals surface area contributed by atoms with Crippen LogP contribution in [0, 0.1) is 0 Å². The van der Waals surface area contributed by atoms with E-state index in [1.807, 2.05) is 44.2 Å². The average molecular weight is 332 g/mol. The summed E-state index contributed by atoms with van der Waals surface area (Å²) in [5, 5.41) is 14.4. The summed E-state index contributed by atoms with van der Waals surface area (Å²) in [6.07, 6.45) is 0.0700. The summed E-state index contributed by atoms with van der Waals surface area (Å²) in [5.74, 6) is -0.637. The Morgan fingerprint density at radius 1 is 1.09 bits per heavy atom. The number of halogens is 1. The van der Waals surface area contributed by atoms with Crippen LogP contribution in [0.25, 0.3) is 0 Å². The van der Waals surface area contributed by atoms with E-state index in [-0.39, 0.29) is 6.10 Å². The van der Waals surface area contributed by atoms with Crippen LogP contribution in [-0.2, 0) is 20.2 Å². The molecule has 2 aromatic rings. The van der Waals surface area contributed by atoms with Gasteiger partial charge in [-0.1, -0.05) is 54.1 Å². The molecule has 0 bridgehead atoms. The summed E-state index contributed by atoms with van der Waals surface area (Å²) in [7, 11) is 0. The Morgan fingerprint density at radius 3 is 2.26 bits per heavy atom. The van der Waals surface area contributed by atoms with Crippen LogP contribution in [0.3, 0.4) is 0 Å². The quantitative estimate of drug-likeness (QED) is 0.824. The van der Waals surface area contributed by atoms with Gasteiger partial charge in [-0.2, -0.15) is 0 Å². The Hall–Kier alpha value is -1.39. The molecule has 2 atom stereocenters. The Labute approximate surface area is 141 Å². The fourth-order valence-electron chi connectivity index (χ4n) is 3.01. The van der Waals surface area contributed by atoms with Gasteiger partial charge in [0.25, 0.3) is 0 Å². The zero-order valence-electron chi connectivity index (χ0n) is 13.3. The summed E-state index contributed by atoms with van der Waals surface area (Å²) < 4.78 is 11.5. The number of hydrogen-bond acceptors (Lipinski definition) is 2. The first-order valence-corrected chi connectivity index (χ1v) is 8.11. The summed E-state index contributed by atoms with van der Waals surface area (Å²) in [4.78, 5) is 0. The molecule has 1 fully saturated rings. The second-order valence-electron chi connectivity index (χ2n) is 6.35. The maximum absolute atomic E-state index is 13.8. The van der Waals surface area contributed by atoms with Gasteiger partial charge in [0.2, 0.25) is 0 Å². The summed E-state index contributed by atoms with van der Waals surface area (Å²) in [6.45, 7) is 4.16. The molecule has 1 saturated heterocycles. The Morgan fingerprint density at radius 2 is 1.70 bits per heavy atom. The molecule has 121 valence electrons. The molecular weight excluding hydrogens is 312 g/mol. The van der Waals surface area contributed by atoms with E-state index in [0.717, 1.165) is 5.56 Å². The van der Waals surface area contributed by atoms with Crippen molar-refractivity contribution in [1.82, 2.24) is 0 Å². The van der Waals surface area contributed by atoms with Gasteiger partial charge in [-0.25, -0.2) is 5.11 Å². The van der Waals surface area contributed by atoms with Crippen molar-refractivity contribution >= 4 is 11.6 Å². The van der Waals surface area contributed by atoms with Crippen molar-refractivity contribution in [2.24, 2.45) is 0 Å². The lowest BCUT2D eigenvalue weighted by Crippen LogP contribution is -2.33. The van der Waals surface area contributed by atoms with Gasteiger partial charge in [-0.3, -0.25) is 0 Å². The zero-order chi connectivity index (χ0) is 16.5. The Kier molecular flexibility index (Phi) is 4.47. The van der Waals surface area contributed by atoms with E-state index in [2.05, 4.69) is 0 Å². The van der Waals surface area contributed by atoms with Crippen molar-refractivity contribution in [3.05, 3.63) is 70.7 Å². The van der Waals surface area contributed by atoms with Crippen LogP contribution in [-0.4, -0.2) is 18.5 Å². The minimum Gasteiger partial charge on any atom is -0.348 e. The van der Waals surface area contributed by atoms with Crippen LogP contribution < -0.4 is 0 Å². The van der Waals surface area contributed by atoms with Gasteiger partial charge in [-0.15, -0.1) is 0 Å². The van der Waals surface area contributed by atoms with Crippen molar-refractivity contribution in [2.45, 2.75) is 37.8 Å². The predicted molar refractivity (Wildman–Crippen MR) is 88.9 cm³/mol. The minimum atomic E-state index is -1.40. The third-order valence-electron chi connectivity index (χ3n) is 4.13. The van der Waals surface area contributed by atoms with Gasteiger partial charge in [0.05, 0.1) is 12.7 Å². The van der Waals surface area contributed by atoms with Crippen LogP contribution in [0.5, 0.6) is 0 Å². The molecule has 2 unspecified atom stereocenters. The lowest BCUT2D eigenvalue weighted by molar-refractivity contribution is -0.147. The molecule has 0 aromatic heterocycles. The molecule has 1 radical (unpaired) electrons. The molecular formula is C19H20ClO3. The third-order valence-corrected chi connectivity index (χ3v) is 4.39. The number of hydrogen-bond donors (Lipinski definition) is 0. The van der Waals surface area contributed by atoms with Crippen LogP contribution in [0.4, 0.5) is 0 Å². The van der Waals surface area contributed by atoms with Crippen LogP contribution in [0.1, 0.15) is 31.4 Å². The first-order valence-electron chi connectivity index (χ1n) is 7.73. The second-order valence-corrected chi connectivity index (χ2v) is 6.79. The van der Waals surface area contributed by atoms with Gasteiger partial charge < -0.3 is 9.47 Å². The maximum Gasteiger partial charge on any atom is 0.163 e. The third kappa shape index (κ3) is 3.59. The second kappa shape index (κ2) is 6.25. The van der Waals surface area contributed by atoms with E-state index in [4.69, 9.17) is 21.1 Å². The first-order chi connectivity index (χ1) is 10.9. The molecule has 3 nitrogen and oxygen atoms in total. The molecule has 4 heteroatoms. The molecule has 2 aromatic carbocycles. The van der Waals surface area contributed by atoms with E-state index in [9.17, 15) is 5.11 Å². The van der Waals surface area contributed by atoms with E-state index in [1.54, 1.807) is 24.3 Å². The van der Waals surface area contributed by atoms with Gasteiger partial charge in [-0.05, 0) is 37.1 Å². The molecule has 3 rings (SSSR count). The molecule has 1 heterocycles. The molecule has 1 aliphatic heterocycles. The molecule has 0 saturated carbocycles. The molecule has 23 heavy (non-hydrogen) atoms. The molecule has 1 aliphatic rings. The van der Waals surface area contributed by atoms with Crippen LogP contribution in [0.15, 0.2) is 54.6 Å². The van der Waals surface area contributed by atoms with Gasteiger partial charge in [0.1, 0.15) is 0 Å². The number of ether oxygens (including phenoxy) is 2. The highest BCUT2D eigenvalue weighted by Crippen LogP contribution is 2.38. The zero-order valence-corrected chi connectivity index (χ0v) is 14.0. The maximum atomic E-state index is 13.8. The Bertz CT molecular complexity index is 654. The summed E-state index contributed by atoms with van der Waals surface area (Å²) in [6, 6.07) is 16.5. The molecule has 0 aliphatic carbocycles. The van der Waals surface area contributed by atoms with Crippen molar-refractivity contribution in [3.63, 3.8) is 0 Å². The minimum absolute atomic E-state index is 0.238. The summed E-state index contributed by atoms with van der Waals surface area (Å²) in [5.41, 5.74) is -0.00245. The lowest BCUT2D eigenvalue weighted by Gasteiger charge is -2.29. The molecule has 0 N–H and O–H groups in total. The fraction of sp³-hybridized carbons (Fsp3) is 0.368. The van der Waals surface area contributed by atoms with Crippen molar-refractivity contribution in [2.75, 3.05) is 6.61 Å². The topological polar surface area (TPSA) is 38.4 Å². The van der Waals surface area contributed by atoms with Gasteiger partial charge in [0, 0.05) is 11.4 Å². The molecule has 0 spiro atoms. The first kappa shape index (κ1) is 16.5. The molecule has 0 amide bonds. The largest absolute Gasteiger partial charge is 0.348 e. The van der Waals surface area contributed by atoms with E-state index in [1.165, 1.54) is 0 Å². The van der Waals surface area contributed by atoms with Crippen LogP contribution in [0.2, 0.25) is 5.02 Å². The van der Waals surface area contributed by atoms with Crippen molar-refractivity contribution in [3.8, 4) is 0 Å². The van der Waals surface area contributed by atoms with Crippen molar-refractivity contribution < 1.29 is 14.6 Å². The highest BCUT2D eigenvalue weighted by atomic mass is 35.5. The number of rotatable bonds is 4. The standard InChI is InChI=1S/C19H20ClO3/c1-18(2)22-13-17(23-18)12-19(21,14-6-4-3-5-7-14)15-8-10-16(20)11-9-15/h3-11,17H,12-13H2,1-2H3. The van der Waals surface area contributed by atoms with Crippen LogP contribution >= 0.6 is 11.6 Å². The Balaban J connectivity index is 1.95. The van der Waals surface area contributed by atoms with E-state index in [0.29, 0.717) is 23.6 Å². The monoisotopic (exact) mass is 331 g/mol. The fourth-order valence-corrected chi connectivity index (χ4v) is 3.14. The highest BCUT2D eigenvalue weighted by molar-refractivity contribution is 6.30. The highest BCUT2D eigenvalue weighted by Gasteiger charge is 2.42. The number of benzene rings is 2. The SMILES string of the molecule is CC1(C)OCC(CC([O])(c2ccccc2)c2ccc(Cl)cc2)O1. The van der Waals surface area contributed by atoms with E-state index >= 15 is 0 Å².